The Morgan fingerprint density at radius 3 is 2.94 bits per heavy atom. The zero-order valence-corrected chi connectivity index (χ0v) is 10.2. The molecule has 0 aliphatic carbocycles. The first kappa shape index (κ1) is 12.9. The van der Waals surface area contributed by atoms with E-state index < -0.39 is 6.09 Å². The third-order valence-corrected chi connectivity index (χ3v) is 2.96. The second-order valence-electron chi connectivity index (χ2n) is 4.38. The van der Waals surface area contributed by atoms with Crippen molar-refractivity contribution in [2.24, 2.45) is 0 Å². The van der Waals surface area contributed by atoms with Gasteiger partial charge >= 0.3 is 6.09 Å². The largest absolute Gasteiger partial charge is 0.465 e. The van der Waals surface area contributed by atoms with Gasteiger partial charge in [0.2, 0.25) is 0 Å². The van der Waals surface area contributed by atoms with E-state index in [-0.39, 0.29) is 6.04 Å². The van der Waals surface area contributed by atoms with Crippen molar-refractivity contribution in [2.45, 2.75) is 12.6 Å². The van der Waals surface area contributed by atoms with Crippen LogP contribution in [-0.2, 0) is 11.3 Å². The molecular weight excluding hydrogens is 232 g/mol. The molecule has 0 spiro atoms. The molecule has 1 heterocycles. The summed E-state index contributed by atoms with van der Waals surface area (Å²) < 4.78 is 5.61. The van der Waals surface area contributed by atoms with Gasteiger partial charge in [0.25, 0.3) is 0 Å². The summed E-state index contributed by atoms with van der Waals surface area (Å²) in [5.74, 6) is 0. The molecule has 1 aliphatic heterocycles. The number of benzene rings is 1. The zero-order valence-electron chi connectivity index (χ0n) is 10.2. The first-order valence-electron chi connectivity index (χ1n) is 6.08. The summed E-state index contributed by atoms with van der Waals surface area (Å²) in [4.78, 5) is 12.3. The quantitative estimate of drug-likeness (QED) is 0.841. The fourth-order valence-electron chi connectivity index (χ4n) is 2.00. The molecule has 0 radical (unpaired) electrons. The normalized spacial score (nSPS) is 19.8. The van der Waals surface area contributed by atoms with Crippen LogP contribution in [0.4, 0.5) is 4.79 Å². The Labute approximate surface area is 106 Å². The number of piperazine rings is 1. The van der Waals surface area contributed by atoms with Gasteiger partial charge in [-0.15, -0.1) is 0 Å². The number of carbonyl (C=O) groups is 1. The number of amides is 1. The van der Waals surface area contributed by atoms with Crippen molar-refractivity contribution in [1.82, 2.24) is 10.2 Å². The minimum absolute atomic E-state index is 0.0820. The van der Waals surface area contributed by atoms with Gasteiger partial charge < -0.3 is 20.1 Å². The van der Waals surface area contributed by atoms with Crippen molar-refractivity contribution in [2.75, 3.05) is 26.2 Å². The van der Waals surface area contributed by atoms with Crippen LogP contribution in [0.5, 0.6) is 0 Å². The van der Waals surface area contributed by atoms with Crippen molar-refractivity contribution >= 4 is 6.09 Å². The Kier molecular flexibility index (Phi) is 4.55. The number of rotatable bonds is 4. The summed E-state index contributed by atoms with van der Waals surface area (Å²) in [6.45, 7) is 2.81. The highest BCUT2D eigenvalue weighted by molar-refractivity contribution is 5.65. The van der Waals surface area contributed by atoms with E-state index in [1.165, 1.54) is 4.90 Å². The third kappa shape index (κ3) is 3.72. The van der Waals surface area contributed by atoms with Crippen LogP contribution in [0.2, 0.25) is 0 Å². The second-order valence-corrected chi connectivity index (χ2v) is 4.38. The summed E-state index contributed by atoms with van der Waals surface area (Å²) in [6, 6.07) is 10.0. The molecule has 5 nitrogen and oxygen atoms in total. The lowest BCUT2D eigenvalue weighted by Gasteiger charge is -2.31. The van der Waals surface area contributed by atoms with Crippen molar-refractivity contribution in [3.63, 3.8) is 0 Å². The van der Waals surface area contributed by atoms with Crippen LogP contribution in [0.15, 0.2) is 30.3 Å². The van der Waals surface area contributed by atoms with Gasteiger partial charge in [-0.2, -0.15) is 0 Å². The number of nitrogens with zero attached hydrogens (tertiary/aromatic N) is 1. The lowest BCUT2D eigenvalue weighted by molar-refractivity contribution is 0.0697. The first-order valence-corrected chi connectivity index (χ1v) is 6.08. The van der Waals surface area contributed by atoms with Crippen LogP contribution in [0.3, 0.4) is 0 Å². The van der Waals surface area contributed by atoms with E-state index in [4.69, 9.17) is 9.84 Å². The van der Waals surface area contributed by atoms with E-state index in [0.717, 1.165) is 5.56 Å². The fourth-order valence-corrected chi connectivity index (χ4v) is 2.00. The molecule has 1 aliphatic rings. The molecule has 2 N–H and O–H groups in total. The topological polar surface area (TPSA) is 61.8 Å². The van der Waals surface area contributed by atoms with Gasteiger partial charge in [0.15, 0.2) is 0 Å². The van der Waals surface area contributed by atoms with Gasteiger partial charge in [0.1, 0.15) is 0 Å². The molecule has 18 heavy (non-hydrogen) atoms. The zero-order chi connectivity index (χ0) is 12.8. The Morgan fingerprint density at radius 1 is 1.44 bits per heavy atom. The van der Waals surface area contributed by atoms with Gasteiger partial charge in [-0.1, -0.05) is 30.3 Å². The molecule has 1 aromatic carbocycles. The number of ether oxygens (including phenoxy) is 1. The summed E-state index contributed by atoms with van der Waals surface area (Å²) in [7, 11) is 0. The molecule has 0 bridgehead atoms. The van der Waals surface area contributed by atoms with Gasteiger partial charge in [0.05, 0.1) is 13.2 Å². The van der Waals surface area contributed by atoms with Gasteiger partial charge in [-0.05, 0) is 5.56 Å². The van der Waals surface area contributed by atoms with E-state index >= 15 is 0 Å². The summed E-state index contributed by atoms with van der Waals surface area (Å²) in [5, 5.41) is 12.2. The fraction of sp³-hybridized carbons (Fsp3) is 0.462. The number of hydrogen-bond donors (Lipinski definition) is 2. The molecule has 5 heteroatoms. The maximum absolute atomic E-state index is 10.9. The Balaban J connectivity index is 1.72. The maximum atomic E-state index is 10.9. The lowest BCUT2D eigenvalue weighted by atomic mass is 10.2. The summed E-state index contributed by atoms with van der Waals surface area (Å²) >= 11 is 0. The third-order valence-electron chi connectivity index (χ3n) is 2.96. The molecule has 0 saturated carbocycles. The highest BCUT2D eigenvalue weighted by Gasteiger charge is 2.22. The lowest BCUT2D eigenvalue weighted by Crippen LogP contribution is -2.53. The number of carboxylic acid groups (broad SMARTS) is 1. The Hall–Kier alpha value is -1.59. The van der Waals surface area contributed by atoms with Crippen molar-refractivity contribution in [3.8, 4) is 0 Å². The van der Waals surface area contributed by atoms with Crippen LogP contribution in [0, 0.1) is 0 Å². The highest BCUT2D eigenvalue weighted by Crippen LogP contribution is 2.04. The predicted molar refractivity (Wildman–Crippen MR) is 67.5 cm³/mol. The van der Waals surface area contributed by atoms with Crippen molar-refractivity contribution in [1.29, 1.82) is 0 Å². The molecule has 1 saturated heterocycles. The SMILES string of the molecule is O=C(O)N1CCN[C@@H](COCc2ccccc2)C1. The van der Waals surface area contributed by atoms with Crippen LogP contribution in [-0.4, -0.2) is 48.4 Å². The van der Waals surface area contributed by atoms with Crippen molar-refractivity contribution < 1.29 is 14.6 Å². The average Bonchev–Trinajstić information content (AvgIpc) is 2.40. The highest BCUT2D eigenvalue weighted by atomic mass is 16.5. The molecule has 0 aromatic heterocycles. The van der Waals surface area contributed by atoms with Gasteiger partial charge in [-0.3, -0.25) is 0 Å². The van der Waals surface area contributed by atoms with Crippen LogP contribution in [0.1, 0.15) is 5.56 Å². The molecule has 1 amide bonds. The standard InChI is InChI=1S/C13H18N2O3/c16-13(17)15-7-6-14-12(8-15)10-18-9-11-4-2-1-3-5-11/h1-5,12,14H,6-10H2,(H,16,17)/t12-/m1/s1. The van der Waals surface area contributed by atoms with Crippen molar-refractivity contribution in [3.05, 3.63) is 35.9 Å². The summed E-state index contributed by atoms with van der Waals surface area (Å²) in [5.41, 5.74) is 1.13. The van der Waals surface area contributed by atoms with E-state index in [2.05, 4.69) is 5.32 Å². The second kappa shape index (κ2) is 6.37. The number of nitrogens with one attached hydrogen (secondary N) is 1. The molecule has 1 aromatic rings. The summed E-state index contributed by atoms with van der Waals surface area (Å²) in [6.07, 6.45) is -0.857. The average molecular weight is 250 g/mol. The van der Waals surface area contributed by atoms with E-state index in [0.29, 0.717) is 32.8 Å². The molecule has 1 atom stereocenters. The maximum Gasteiger partial charge on any atom is 0.407 e. The van der Waals surface area contributed by atoms with Crippen LogP contribution >= 0.6 is 0 Å². The van der Waals surface area contributed by atoms with Crippen LogP contribution < -0.4 is 5.32 Å². The van der Waals surface area contributed by atoms with Gasteiger partial charge in [0, 0.05) is 25.7 Å². The molecule has 98 valence electrons. The Morgan fingerprint density at radius 2 is 2.22 bits per heavy atom. The minimum Gasteiger partial charge on any atom is -0.465 e. The first-order chi connectivity index (χ1) is 8.75. The molecular formula is C13H18N2O3. The Bertz CT molecular complexity index is 383. The number of hydrogen-bond acceptors (Lipinski definition) is 3. The monoisotopic (exact) mass is 250 g/mol. The predicted octanol–water partition coefficient (Wildman–Crippen LogP) is 1.15. The van der Waals surface area contributed by atoms with E-state index in [1.54, 1.807) is 0 Å². The molecule has 0 unspecified atom stereocenters. The van der Waals surface area contributed by atoms with Crippen LogP contribution in [0.25, 0.3) is 0 Å². The molecule has 2 rings (SSSR count). The minimum atomic E-state index is -0.857. The van der Waals surface area contributed by atoms with E-state index in [1.807, 2.05) is 30.3 Å². The van der Waals surface area contributed by atoms with Gasteiger partial charge in [-0.25, -0.2) is 4.79 Å². The molecule has 1 fully saturated rings. The van der Waals surface area contributed by atoms with E-state index in [9.17, 15) is 4.79 Å². The smallest absolute Gasteiger partial charge is 0.407 e.